The number of hydrogen-bond acceptors (Lipinski definition) is 2. The summed E-state index contributed by atoms with van der Waals surface area (Å²) in [5, 5.41) is 0. The lowest BCUT2D eigenvalue weighted by Crippen LogP contribution is -2.64. The summed E-state index contributed by atoms with van der Waals surface area (Å²) in [7, 11) is 0. The maximum absolute atomic E-state index is 13.3. The zero-order valence-corrected chi connectivity index (χ0v) is 39.4. The SMILES string of the molecule is CCCCCCCCCCCCCCCCCCCCCCCC(=O)O[C@H]1CC[C@]2(C)[C@H]3CCC4=C5CC(C)(C)CC[C@]5(C)CC[C@@]4(C)[C@]3(C)CC[C@H]2C1(C)C. The Balaban J connectivity index is 0.955. The Morgan fingerprint density at radius 3 is 1.57 bits per heavy atom. The third kappa shape index (κ3) is 10.6. The van der Waals surface area contributed by atoms with E-state index in [2.05, 4.69) is 62.3 Å². The monoisotopic (exact) mass is 777 g/mol. The molecule has 5 aliphatic carbocycles. The van der Waals surface area contributed by atoms with E-state index in [4.69, 9.17) is 4.74 Å². The molecule has 4 saturated carbocycles. The van der Waals surface area contributed by atoms with Crippen LogP contribution in [0.3, 0.4) is 0 Å². The summed E-state index contributed by atoms with van der Waals surface area (Å²) >= 11 is 0. The van der Waals surface area contributed by atoms with Crippen LogP contribution in [0.15, 0.2) is 11.1 Å². The molecule has 324 valence electrons. The fourth-order valence-electron chi connectivity index (χ4n) is 14.6. The lowest BCUT2D eigenvalue weighted by atomic mass is 9.34. The van der Waals surface area contributed by atoms with E-state index in [1.54, 1.807) is 0 Å². The second kappa shape index (κ2) is 20.2. The average molecular weight is 777 g/mol. The van der Waals surface area contributed by atoms with Gasteiger partial charge in [0.2, 0.25) is 0 Å². The number of hydrogen-bond donors (Lipinski definition) is 0. The Morgan fingerprint density at radius 1 is 0.536 bits per heavy atom. The second-order valence-electron chi connectivity index (χ2n) is 23.5. The van der Waals surface area contributed by atoms with Gasteiger partial charge in [0.05, 0.1) is 0 Å². The maximum atomic E-state index is 13.3. The molecule has 0 heterocycles. The van der Waals surface area contributed by atoms with E-state index in [0.717, 1.165) is 18.8 Å². The topological polar surface area (TPSA) is 26.3 Å². The zero-order chi connectivity index (χ0) is 40.5. The van der Waals surface area contributed by atoms with Gasteiger partial charge in [-0.25, -0.2) is 0 Å². The predicted octanol–water partition coefficient (Wildman–Crippen LogP) is 17.5. The fourth-order valence-corrected chi connectivity index (χ4v) is 14.6. The number of ether oxygens (including phenoxy) is 1. The van der Waals surface area contributed by atoms with Gasteiger partial charge in [0.15, 0.2) is 0 Å². The third-order valence-corrected chi connectivity index (χ3v) is 18.6. The highest BCUT2D eigenvalue weighted by atomic mass is 16.5. The quantitative estimate of drug-likeness (QED) is 0.0587. The standard InChI is InChI=1S/C54H96O2/c1-10-11-12-13-14-15-16-17-18-19-20-21-22-23-24-25-26-27-28-29-30-31-48(55)56-47-35-36-52(7)45(50(47,4)5)34-37-54(9)46(52)33-32-43-44-42-49(2,3)38-39-51(44,6)40-41-53(43,54)8/h45-47H,10-42H2,1-9H3/t45-,46+,47-,51+,52-,53+,54+/m0/s1. The van der Waals surface area contributed by atoms with E-state index in [-0.39, 0.29) is 17.5 Å². The van der Waals surface area contributed by atoms with E-state index >= 15 is 0 Å². The lowest BCUT2D eigenvalue weighted by Gasteiger charge is -2.71. The summed E-state index contributed by atoms with van der Waals surface area (Å²) in [4.78, 5) is 13.3. The molecule has 0 aromatic rings. The van der Waals surface area contributed by atoms with Crippen LogP contribution in [0.1, 0.15) is 274 Å². The van der Waals surface area contributed by atoms with E-state index in [9.17, 15) is 4.79 Å². The van der Waals surface area contributed by atoms with Crippen LogP contribution in [0, 0.1) is 44.3 Å². The molecule has 0 spiro atoms. The molecule has 0 aromatic carbocycles. The smallest absolute Gasteiger partial charge is 0.306 e. The van der Waals surface area contributed by atoms with Gasteiger partial charge in [0, 0.05) is 11.8 Å². The minimum Gasteiger partial charge on any atom is -0.462 e. The molecule has 4 fully saturated rings. The molecule has 7 atom stereocenters. The normalized spacial score (nSPS) is 34.6. The summed E-state index contributed by atoms with van der Waals surface area (Å²) in [5.74, 6) is 1.47. The van der Waals surface area contributed by atoms with Crippen molar-refractivity contribution in [2.75, 3.05) is 0 Å². The molecule has 5 aliphatic rings. The average Bonchev–Trinajstić information content (AvgIpc) is 3.14. The minimum absolute atomic E-state index is 0.0368. The Hall–Kier alpha value is -0.790. The fraction of sp³-hybridized carbons (Fsp3) is 0.944. The summed E-state index contributed by atoms with van der Waals surface area (Å²) in [6.45, 7) is 23.1. The summed E-state index contributed by atoms with van der Waals surface area (Å²) in [5.41, 5.74) is 5.80. The molecule has 0 N–H and O–H groups in total. The number of carbonyl (C=O) groups excluding carboxylic acids is 1. The van der Waals surface area contributed by atoms with Crippen LogP contribution < -0.4 is 0 Å². The number of esters is 1. The predicted molar refractivity (Wildman–Crippen MR) is 242 cm³/mol. The molecule has 0 amide bonds. The zero-order valence-electron chi connectivity index (χ0n) is 39.4. The summed E-state index contributed by atoms with van der Waals surface area (Å²) in [6.07, 6.45) is 44.4. The molecule has 0 saturated heterocycles. The maximum Gasteiger partial charge on any atom is 0.306 e. The molecule has 0 bridgehead atoms. The molecule has 0 unspecified atom stereocenters. The first-order chi connectivity index (χ1) is 26.6. The highest BCUT2D eigenvalue weighted by Gasteiger charge is 2.67. The highest BCUT2D eigenvalue weighted by molar-refractivity contribution is 5.69. The molecule has 0 radical (unpaired) electrons. The Kier molecular flexibility index (Phi) is 16.7. The molecule has 5 rings (SSSR count). The van der Waals surface area contributed by atoms with Crippen molar-refractivity contribution in [3.05, 3.63) is 11.1 Å². The first-order valence-corrected chi connectivity index (χ1v) is 25.6. The van der Waals surface area contributed by atoms with Crippen molar-refractivity contribution in [2.24, 2.45) is 44.3 Å². The van der Waals surface area contributed by atoms with Crippen LogP contribution >= 0.6 is 0 Å². The van der Waals surface area contributed by atoms with Crippen LogP contribution in [0.2, 0.25) is 0 Å². The number of carbonyl (C=O) groups is 1. The first-order valence-electron chi connectivity index (χ1n) is 25.6. The second-order valence-corrected chi connectivity index (χ2v) is 23.5. The van der Waals surface area contributed by atoms with Crippen LogP contribution in [-0.4, -0.2) is 12.1 Å². The van der Waals surface area contributed by atoms with Crippen molar-refractivity contribution in [3.8, 4) is 0 Å². The van der Waals surface area contributed by atoms with Gasteiger partial charge in [0.25, 0.3) is 0 Å². The molecular weight excluding hydrogens is 681 g/mol. The molecule has 2 heteroatoms. The first kappa shape index (κ1) is 46.3. The van der Waals surface area contributed by atoms with Gasteiger partial charge in [-0.3, -0.25) is 4.79 Å². The Morgan fingerprint density at radius 2 is 1.04 bits per heavy atom. The summed E-state index contributed by atoms with van der Waals surface area (Å²) < 4.78 is 6.45. The summed E-state index contributed by atoms with van der Waals surface area (Å²) in [6, 6.07) is 0. The van der Waals surface area contributed by atoms with E-state index in [1.807, 2.05) is 11.1 Å². The lowest BCUT2D eigenvalue weighted by molar-refractivity contribution is -0.214. The van der Waals surface area contributed by atoms with Crippen molar-refractivity contribution in [1.29, 1.82) is 0 Å². The van der Waals surface area contributed by atoms with Gasteiger partial charge in [-0.15, -0.1) is 0 Å². The Bertz CT molecular complexity index is 1260. The van der Waals surface area contributed by atoms with Gasteiger partial charge in [0.1, 0.15) is 6.10 Å². The number of unbranched alkanes of at least 4 members (excludes halogenated alkanes) is 20. The van der Waals surface area contributed by atoms with Crippen LogP contribution in [0.25, 0.3) is 0 Å². The van der Waals surface area contributed by atoms with Crippen LogP contribution in [-0.2, 0) is 9.53 Å². The van der Waals surface area contributed by atoms with E-state index < -0.39 is 0 Å². The molecule has 2 nitrogen and oxygen atoms in total. The van der Waals surface area contributed by atoms with Crippen LogP contribution in [0.4, 0.5) is 0 Å². The minimum atomic E-state index is 0.0368. The Labute approximate surface area is 350 Å². The molecule has 56 heavy (non-hydrogen) atoms. The van der Waals surface area contributed by atoms with E-state index in [0.29, 0.717) is 39.4 Å². The van der Waals surface area contributed by atoms with Crippen LogP contribution in [0.5, 0.6) is 0 Å². The van der Waals surface area contributed by atoms with Gasteiger partial charge in [-0.2, -0.15) is 0 Å². The van der Waals surface area contributed by atoms with Crippen molar-refractivity contribution in [2.45, 2.75) is 280 Å². The van der Waals surface area contributed by atoms with Gasteiger partial charge in [-0.05, 0) is 116 Å². The van der Waals surface area contributed by atoms with Gasteiger partial charge in [-0.1, -0.05) is 202 Å². The molecular formula is C54H96O2. The van der Waals surface area contributed by atoms with Crippen molar-refractivity contribution in [3.63, 3.8) is 0 Å². The number of rotatable bonds is 23. The van der Waals surface area contributed by atoms with Gasteiger partial charge < -0.3 is 4.74 Å². The number of allylic oxidation sites excluding steroid dienone is 2. The van der Waals surface area contributed by atoms with Crippen molar-refractivity contribution < 1.29 is 9.53 Å². The number of fused-ring (bicyclic) bond motifs is 6. The molecule has 0 aromatic heterocycles. The molecule has 0 aliphatic heterocycles. The van der Waals surface area contributed by atoms with Crippen molar-refractivity contribution in [1.82, 2.24) is 0 Å². The largest absolute Gasteiger partial charge is 0.462 e. The van der Waals surface area contributed by atoms with Gasteiger partial charge >= 0.3 is 5.97 Å². The van der Waals surface area contributed by atoms with E-state index in [1.165, 1.54) is 193 Å². The third-order valence-electron chi connectivity index (χ3n) is 18.6. The van der Waals surface area contributed by atoms with Crippen molar-refractivity contribution >= 4 is 5.97 Å². The highest BCUT2D eigenvalue weighted by Crippen LogP contribution is 2.75.